The van der Waals surface area contributed by atoms with E-state index in [1.165, 1.54) is 24.3 Å². The van der Waals surface area contributed by atoms with Crippen LogP contribution in [0.25, 0.3) is 11.4 Å². The monoisotopic (exact) mass is 422 g/mol. The average Bonchev–Trinajstić information content (AvgIpc) is 3.42. The summed E-state index contributed by atoms with van der Waals surface area (Å²) < 4.78 is 10.3. The van der Waals surface area contributed by atoms with Gasteiger partial charge in [0.15, 0.2) is 6.61 Å². The number of ether oxygens (including phenoxy) is 1. The van der Waals surface area contributed by atoms with Crippen molar-refractivity contribution >= 4 is 17.6 Å². The van der Waals surface area contributed by atoms with Crippen LogP contribution in [-0.2, 0) is 22.7 Å². The second-order valence-electron chi connectivity index (χ2n) is 7.01. The van der Waals surface area contributed by atoms with Gasteiger partial charge in [0.25, 0.3) is 11.6 Å². The highest BCUT2D eigenvalue weighted by Gasteiger charge is 2.20. The lowest BCUT2D eigenvalue weighted by atomic mass is 10.1. The van der Waals surface area contributed by atoms with Crippen LogP contribution < -0.4 is 0 Å². The Labute approximate surface area is 176 Å². The van der Waals surface area contributed by atoms with Crippen molar-refractivity contribution in [3.05, 3.63) is 75.7 Å². The van der Waals surface area contributed by atoms with Crippen molar-refractivity contribution in [2.24, 2.45) is 0 Å². The van der Waals surface area contributed by atoms with Gasteiger partial charge < -0.3 is 14.2 Å². The Kier molecular flexibility index (Phi) is 5.69. The smallest absolute Gasteiger partial charge is 0.338 e. The number of amides is 1. The fourth-order valence-electron chi connectivity index (χ4n) is 3.21. The molecule has 1 saturated heterocycles. The molecule has 4 rings (SSSR count). The lowest BCUT2D eigenvalue weighted by molar-refractivity contribution is -0.384. The molecule has 0 spiro atoms. The maximum atomic E-state index is 12.3. The fourth-order valence-corrected chi connectivity index (χ4v) is 3.21. The standard InChI is InChI=1S/C21H18N4O6/c26-19-2-1-11-24(19)12-14-3-5-16(6-4-14)21(27)30-13-18-22-20(23-31-18)15-7-9-17(10-8-15)25(28)29/h3-10H,1-2,11-13H2. The molecular weight excluding hydrogens is 404 g/mol. The SMILES string of the molecule is O=C(OCc1nc(-c2ccc([N+](=O)[O-])cc2)no1)c1ccc(CN2CCCC2=O)cc1. The van der Waals surface area contributed by atoms with E-state index in [4.69, 9.17) is 9.26 Å². The van der Waals surface area contributed by atoms with Gasteiger partial charge >= 0.3 is 5.97 Å². The highest BCUT2D eigenvalue weighted by molar-refractivity contribution is 5.89. The van der Waals surface area contributed by atoms with Gasteiger partial charge in [0, 0.05) is 37.2 Å². The van der Waals surface area contributed by atoms with Crippen molar-refractivity contribution in [3.63, 3.8) is 0 Å². The molecule has 31 heavy (non-hydrogen) atoms. The van der Waals surface area contributed by atoms with Gasteiger partial charge in [-0.2, -0.15) is 4.98 Å². The van der Waals surface area contributed by atoms with Crippen LogP contribution in [0.15, 0.2) is 53.1 Å². The molecule has 3 aromatic rings. The van der Waals surface area contributed by atoms with Crippen molar-refractivity contribution in [1.82, 2.24) is 15.0 Å². The van der Waals surface area contributed by atoms with Crippen molar-refractivity contribution in [3.8, 4) is 11.4 Å². The molecule has 2 aromatic carbocycles. The molecule has 0 atom stereocenters. The van der Waals surface area contributed by atoms with E-state index >= 15 is 0 Å². The van der Waals surface area contributed by atoms with Crippen LogP contribution in [-0.4, -0.2) is 38.4 Å². The Morgan fingerprint density at radius 3 is 2.55 bits per heavy atom. The third kappa shape index (κ3) is 4.74. The van der Waals surface area contributed by atoms with Crippen LogP contribution in [0.1, 0.15) is 34.7 Å². The number of rotatable bonds is 7. The third-order valence-electron chi connectivity index (χ3n) is 4.87. The zero-order chi connectivity index (χ0) is 21.8. The molecular formula is C21H18N4O6. The summed E-state index contributed by atoms with van der Waals surface area (Å²) in [7, 11) is 0. The second kappa shape index (κ2) is 8.74. The van der Waals surface area contributed by atoms with Gasteiger partial charge in [0.1, 0.15) is 0 Å². The molecule has 0 radical (unpaired) electrons. The van der Waals surface area contributed by atoms with Gasteiger partial charge in [0.05, 0.1) is 10.5 Å². The highest BCUT2D eigenvalue weighted by atomic mass is 16.6. The summed E-state index contributed by atoms with van der Waals surface area (Å²) in [4.78, 5) is 40.1. The maximum Gasteiger partial charge on any atom is 0.338 e. The lowest BCUT2D eigenvalue weighted by Gasteiger charge is -2.15. The minimum Gasteiger partial charge on any atom is -0.452 e. The van der Waals surface area contributed by atoms with Gasteiger partial charge in [-0.1, -0.05) is 17.3 Å². The first-order chi connectivity index (χ1) is 15.0. The Bertz CT molecular complexity index is 1110. The highest BCUT2D eigenvalue weighted by Crippen LogP contribution is 2.20. The molecule has 1 aliphatic rings. The molecule has 0 N–H and O–H groups in total. The number of hydrogen-bond acceptors (Lipinski definition) is 8. The molecule has 0 aliphatic carbocycles. The Hall–Kier alpha value is -4.08. The maximum absolute atomic E-state index is 12.3. The second-order valence-corrected chi connectivity index (χ2v) is 7.01. The van der Waals surface area contributed by atoms with Gasteiger partial charge in [-0.15, -0.1) is 0 Å². The van der Waals surface area contributed by atoms with Gasteiger partial charge in [-0.3, -0.25) is 14.9 Å². The van der Waals surface area contributed by atoms with Crippen molar-refractivity contribution in [2.75, 3.05) is 6.54 Å². The van der Waals surface area contributed by atoms with Crippen LogP contribution in [0.5, 0.6) is 0 Å². The van der Waals surface area contributed by atoms with Crippen LogP contribution in [0.2, 0.25) is 0 Å². The van der Waals surface area contributed by atoms with Crippen molar-refractivity contribution in [2.45, 2.75) is 26.0 Å². The Morgan fingerprint density at radius 2 is 1.90 bits per heavy atom. The van der Waals surface area contributed by atoms with Crippen LogP contribution >= 0.6 is 0 Å². The van der Waals surface area contributed by atoms with Crippen LogP contribution in [0, 0.1) is 10.1 Å². The number of likely N-dealkylation sites (tertiary alicyclic amines) is 1. The van der Waals surface area contributed by atoms with E-state index in [-0.39, 0.29) is 29.9 Å². The molecule has 0 unspecified atom stereocenters. The number of non-ortho nitro benzene ring substituents is 1. The van der Waals surface area contributed by atoms with E-state index in [0.717, 1.165) is 18.5 Å². The Balaban J connectivity index is 1.32. The minimum absolute atomic E-state index is 0.0422. The molecule has 2 heterocycles. The Morgan fingerprint density at radius 1 is 1.16 bits per heavy atom. The first-order valence-electron chi connectivity index (χ1n) is 9.61. The van der Waals surface area contributed by atoms with E-state index in [1.807, 2.05) is 0 Å². The number of esters is 1. The topological polar surface area (TPSA) is 129 Å². The number of nitrogens with zero attached hydrogens (tertiary/aromatic N) is 4. The zero-order valence-corrected chi connectivity index (χ0v) is 16.4. The zero-order valence-electron chi connectivity index (χ0n) is 16.4. The molecule has 1 aromatic heterocycles. The summed E-state index contributed by atoms with van der Waals surface area (Å²) in [5, 5.41) is 14.5. The van der Waals surface area contributed by atoms with Crippen molar-refractivity contribution < 1.29 is 23.8 Å². The van der Waals surface area contributed by atoms with Gasteiger partial charge in [-0.05, 0) is 36.2 Å². The number of nitro groups is 1. The summed E-state index contributed by atoms with van der Waals surface area (Å²) in [6.07, 6.45) is 1.47. The normalized spacial score (nSPS) is 13.4. The largest absolute Gasteiger partial charge is 0.452 e. The van der Waals surface area contributed by atoms with E-state index < -0.39 is 10.9 Å². The summed E-state index contributed by atoms with van der Waals surface area (Å²) in [6, 6.07) is 12.6. The number of carbonyl (C=O) groups is 2. The lowest BCUT2D eigenvalue weighted by Crippen LogP contribution is -2.23. The van der Waals surface area contributed by atoms with Crippen LogP contribution in [0.3, 0.4) is 0 Å². The van der Waals surface area contributed by atoms with E-state index in [0.29, 0.717) is 24.1 Å². The third-order valence-corrected chi connectivity index (χ3v) is 4.87. The number of carbonyl (C=O) groups excluding carboxylic acids is 2. The molecule has 10 nitrogen and oxygen atoms in total. The number of nitro benzene ring substituents is 1. The quantitative estimate of drug-likeness (QED) is 0.323. The molecule has 158 valence electrons. The molecule has 1 amide bonds. The van der Waals surface area contributed by atoms with E-state index in [9.17, 15) is 19.7 Å². The van der Waals surface area contributed by atoms with Crippen LogP contribution in [0.4, 0.5) is 5.69 Å². The number of hydrogen-bond donors (Lipinski definition) is 0. The fraction of sp³-hybridized carbons (Fsp3) is 0.238. The predicted octanol–water partition coefficient (Wildman–Crippen LogP) is 3.12. The summed E-state index contributed by atoms with van der Waals surface area (Å²) in [5.74, 6) is -0.0531. The first kappa shape index (κ1) is 20.2. The summed E-state index contributed by atoms with van der Waals surface area (Å²) >= 11 is 0. The number of aromatic nitrogens is 2. The predicted molar refractivity (Wildman–Crippen MR) is 107 cm³/mol. The molecule has 0 bridgehead atoms. The van der Waals surface area contributed by atoms with E-state index in [1.54, 1.807) is 29.2 Å². The summed E-state index contributed by atoms with van der Waals surface area (Å²) in [5.41, 5.74) is 1.81. The number of benzene rings is 2. The molecule has 1 fully saturated rings. The summed E-state index contributed by atoms with van der Waals surface area (Å²) in [6.45, 7) is 1.08. The van der Waals surface area contributed by atoms with Gasteiger partial charge in [-0.25, -0.2) is 4.79 Å². The average molecular weight is 422 g/mol. The minimum atomic E-state index is -0.543. The molecule has 10 heteroatoms. The van der Waals surface area contributed by atoms with Crippen molar-refractivity contribution in [1.29, 1.82) is 0 Å². The van der Waals surface area contributed by atoms with Gasteiger partial charge in [0.2, 0.25) is 11.7 Å². The molecule has 1 aliphatic heterocycles. The van der Waals surface area contributed by atoms with E-state index in [2.05, 4.69) is 10.1 Å². The first-order valence-corrected chi connectivity index (χ1v) is 9.61. The molecule has 0 saturated carbocycles.